The molecule has 0 bridgehead atoms. The Kier molecular flexibility index (Phi) is 3.23. The van der Waals surface area contributed by atoms with Crippen LogP contribution in [0.3, 0.4) is 0 Å². The molecule has 1 unspecified atom stereocenters. The molecule has 0 radical (unpaired) electrons. The third-order valence-electron chi connectivity index (χ3n) is 1.49. The summed E-state index contributed by atoms with van der Waals surface area (Å²) in [6, 6.07) is 3.04. The Hall–Kier alpha value is 0.0400. The molecule has 0 N–H and O–H groups in total. The highest BCUT2D eigenvalue weighted by atomic mass is 79.9. The standard InChI is InChI=1S/C8H6Br2F2/c1-4(9)5-2-3-6(10)8(12)7(5)11/h2-4H,1H3. The first-order chi connectivity index (χ1) is 5.54. The van der Waals surface area contributed by atoms with E-state index in [2.05, 4.69) is 31.9 Å². The van der Waals surface area contributed by atoms with Gasteiger partial charge in [-0.3, -0.25) is 0 Å². The highest BCUT2D eigenvalue weighted by Crippen LogP contribution is 2.28. The zero-order valence-corrected chi connectivity index (χ0v) is 9.42. The largest absolute Gasteiger partial charge is 0.203 e. The Bertz CT molecular complexity index is 297. The van der Waals surface area contributed by atoms with Crippen LogP contribution in [0.5, 0.6) is 0 Å². The van der Waals surface area contributed by atoms with Gasteiger partial charge in [0, 0.05) is 10.4 Å². The molecule has 12 heavy (non-hydrogen) atoms. The van der Waals surface area contributed by atoms with Crippen molar-refractivity contribution in [2.45, 2.75) is 11.8 Å². The molecule has 0 aliphatic carbocycles. The van der Waals surface area contributed by atoms with Crippen LogP contribution in [0.25, 0.3) is 0 Å². The van der Waals surface area contributed by atoms with E-state index in [-0.39, 0.29) is 9.30 Å². The summed E-state index contributed by atoms with van der Waals surface area (Å²) in [6.45, 7) is 1.74. The molecular weight excluding hydrogens is 294 g/mol. The molecule has 0 saturated heterocycles. The van der Waals surface area contributed by atoms with Crippen molar-refractivity contribution in [1.82, 2.24) is 0 Å². The zero-order chi connectivity index (χ0) is 9.30. The Morgan fingerprint density at radius 2 is 1.83 bits per heavy atom. The summed E-state index contributed by atoms with van der Waals surface area (Å²) in [5.41, 5.74) is 0.329. The fourth-order valence-corrected chi connectivity index (χ4v) is 1.51. The van der Waals surface area contributed by atoms with Gasteiger partial charge in [-0.2, -0.15) is 0 Å². The predicted molar refractivity (Wildman–Crippen MR) is 51.4 cm³/mol. The Morgan fingerprint density at radius 1 is 1.25 bits per heavy atom. The molecule has 0 heterocycles. The van der Waals surface area contributed by atoms with Crippen molar-refractivity contribution in [2.24, 2.45) is 0 Å². The molecule has 1 aromatic carbocycles. The normalized spacial score (nSPS) is 13.1. The van der Waals surface area contributed by atoms with Crippen LogP contribution in [0.1, 0.15) is 17.3 Å². The number of hydrogen-bond donors (Lipinski definition) is 0. The molecule has 0 aromatic heterocycles. The van der Waals surface area contributed by atoms with Gasteiger partial charge >= 0.3 is 0 Å². The van der Waals surface area contributed by atoms with Gasteiger partial charge in [-0.05, 0) is 28.9 Å². The third-order valence-corrected chi connectivity index (χ3v) is 2.60. The van der Waals surface area contributed by atoms with E-state index in [4.69, 9.17) is 0 Å². The van der Waals surface area contributed by atoms with Gasteiger partial charge in [0.25, 0.3) is 0 Å². The summed E-state index contributed by atoms with van der Waals surface area (Å²) in [7, 11) is 0. The van der Waals surface area contributed by atoms with Gasteiger partial charge < -0.3 is 0 Å². The average Bonchev–Trinajstić information content (AvgIpc) is 2.00. The van der Waals surface area contributed by atoms with Crippen molar-refractivity contribution in [3.63, 3.8) is 0 Å². The fourth-order valence-electron chi connectivity index (χ4n) is 0.848. The number of alkyl halides is 1. The smallest absolute Gasteiger partial charge is 0.173 e. The molecule has 1 aromatic rings. The van der Waals surface area contributed by atoms with E-state index in [0.29, 0.717) is 5.56 Å². The summed E-state index contributed by atoms with van der Waals surface area (Å²) in [6.07, 6.45) is 0. The van der Waals surface area contributed by atoms with Crippen molar-refractivity contribution in [3.05, 3.63) is 33.8 Å². The van der Waals surface area contributed by atoms with E-state index in [1.54, 1.807) is 13.0 Å². The van der Waals surface area contributed by atoms with Crippen LogP contribution in [0, 0.1) is 11.6 Å². The summed E-state index contributed by atoms with van der Waals surface area (Å²) in [5.74, 6) is -1.63. The first-order valence-corrected chi connectivity index (χ1v) is 5.02. The maximum atomic E-state index is 13.1. The Balaban J connectivity index is 3.27. The van der Waals surface area contributed by atoms with Crippen LogP contribution < -0.4 is 0 Å². The summed E-state index contributed by atoms with van der Waals surface area (Å²) < 4.78 is 26.1. The molecule has 0 amide bonds. The van der Waals surface area contributed by atoms with Gasteiger partial charge in [-0.25, -0.2) is 8.78 Å². The summed E-state index contributed by atoms with van der Waals surface area (Å²) >= 11 is 6.07. The molecule has 66 valence electrons. The average molecular weight is 300 g/mol. The molecule has 1 rings (SSSR count). The zero-order valence-electron chi connectivity index (χ0n) is 6.24. The quantitative estimate of drug-likeness (QED) is 0.539. The minimum absolute atomic E-state index is 0.150. The SMILES string of the molecule is CC(Br)c1ccc(Br)c(F)c1F. The van der Waals surface area contributed by atoms with Gasteiger partial charge in [0.2, 0.25) is 0 Å². The lowest BCUT2D eigenvalue weighted by atomic mass is 10.1. The third kappa shape index (κ3) is 1.85. The summed E-state index contributed by atoms with van der Waals surface area (Å²) in [5, 5.41) is 0. The molecule has 0 nitrogen and oxygen atoms in total. The number of rotatable bonds is 1. The monoisotopic (exact) mass is 298 g/mol. The Labute approximate surface area is 86.2 Å². The second-order valence-corrected chi connectivity index (χ2v) is 4.61. The van der Waals surface area contributed by atoms with Crippen LogP contribution in [0.2, 0.25) is 0 Å². The van der Waals surface area contributed by atoms with Crippen LogP contribution in [0.15, 0.2) is 16.6 Å². The number of hydrogen-bond acceptors (Lipinski definition) is 0. The molecule has 0 aliphatic rings. The minimum atomic E-state index is -0.834. The predicted octanol–water partition coefficient (Wildman–Crippen LogP) is 4.18. The second-order valence-electron chi connectivity index (χ2n) is 2.38. The van der Waals surface area contributed by atoms with E-state index < -0.39 is 11.6 Å². The molecular formula is C8H6Br2F2. The maximum absolute atomic E-state index is 13.1. The minimum Gasteiger partial charge on any atom is -0.203 e. The summed E-state index contributed by atoms with van der Waals surface area (Å²) in [4.78, 5) is -0.180. The van der Waals surface area contributed by atoms with Gasteiger partial charge in [-0.15, -0.1) is 0 Å². The fraction of sp³-hybridized carbons (Fsp3) is 0.250. The van der Waals surface area contributed by atoms with E-state index >= 15 is 0 Å². The van der Waals surface area contributed by atoms with Crippen LogP contribution >= 0.6 is 31.9 Å². The van der Waals surface area contributed by atoms with Gasteiger partial charge in [0.1, 0.15) is 0 Å². The van der Waals surface area contributed by atoms with Crippen molar-refractivity contribution >= 4 is 31.9 Å². The molecule has 1 atom stereocenters. The van der Waals surface area contributed by atoms with E-state index in [9.17, 15) is 8.78 Å². The van der Waals surface area contributed by atoms with E-state index in [1.165, 1.54) is 6.07 Å². The molecule has 0 saturated carbocycles. The van der Waals surface area contributed by atoms with E-state index in [0.717, 1.165) is 0 Å². The van der Waals surface area contributed by atoms with Crippen molar-refractivity contribution in [2.75, 3.05) is 0 Å². The van der Waals surface area contributed by atoms with Crippen molar-refractivity contribution < 1.29 is 8.78 Å². The lowest BCUT2D eigenvalue weighted by Crippen LogP contribution is -1.94. The van der Waals surface area contributed by atoms with E-state index in [1.807, 2.05) is 0 Å². The van der Waals surface area contributed by atoms with Crippen LogP contribution in [-0.2, 0) is 0 Å². The van der Waals surface area contributed by atoms with Crippen LogP contribution in [-0.4, -0.2) is 0 Å². The number of benzene rings is 1. The first-order valence-electron chi connectivity index (χ1n) is 3.31. The van der Waals surface area contributed by atoms with Crippen molar-refractivity contribution in [3.8, 4) is 0 Å². The Morgan fingerprint density at radius 3 is 2.33 bits per heavy atom. The number of halogens is 4. The van der Waals surface area contributed by atoms with Crippen LogP contribution in [0.4, 0.5) is 8.78 Å². The van der Waals surface area contributed by atoms with Gasteiger partial charge in [0.15, 0.2) is 11.6 Å². The second kappa shape index (κ2) is 3.83. The molecule has 4 heteroatoms. The lowest BCUT2D eigenvalue weighted by Gasteiger charge is -2.06. The molecule has 0 fully saturated rings. The van der Waals surface area contributed by atoms with Crippen molar-refractivity contribution in [1.29, 1.82) is 0 Å². The lowest BCUT2D eigenvalue weighted by molar-refractivity contribution is 0.495. The topological polar surface area (TPSA) is 0 Å². The highest BCUT2D eigenvalue weighted by Gasteiger charge is 2.14. The highest BCUT2D eigenvalue weighted by molar-refractivity contribution is 9.10. The maximum Gasteiger partial charge on any atom is 0.173 e. The van der Waals surface area contributed by atoms with Gasteiger partial charge in [-0.1, -0.05) is 22.0 Å². The molecule has 0 aliphatic heterocycles. The first kappa shape index (κ1) is 10.1. The van der Waals surface area contributed by atoms with Gasteiger partial charge in [0.05, 0.1) is 4.47 Å². The molecule has 0 spiro atoms.